The Bertz CT molecular complexity index is 428. The molecular weight excluding hydrogens is 250 g/mol. The SMILES string of the molecule is COc1cc(C)c(Cl)c(C)c1CC1CNCCO1. The molecular formula is C14H20ClNO2. The van der Waals surface area contributed by atoms with Crippen LogP contribution in [0.3, 0.4) is 0 Å². The summed E-state index contributed by atoms with van der Waals surface area (Å²) in [4.78, 5) is 0. The third-order valence-corrected chi connectivity index (χ3v) is 4.01. The Morgan fingerprint density at radius 1 is 1.50 bits per heavy atom. The van der Waals surface area contributed by atoms with Crippen LogP contribution in [-0.2, 0) is 11.2 Å². The molecule has 1 aromatic carbocycles. The van der Waals surface area contributed by atoms with Gasteiger partial charge in [-0.25, -0.2) is 0 Å². The number of halogens is 1. The molecule has 2 rings (SSSR count). The number of hydrogen-bond acceptors (Lipinski definition) is 3. The van der Waals surface area contributed by atoms with Gasteiger partial charge in [0.05, 0.1) is 19.8 Å². The molecule has 1 unspecified atom stereocenters. The lowest BCUT2D eigenvalue weighted by Gasteiger charge is -2.25. The maximum Gasteiger partial charge on any atom is 0.122 e. The number of hydrogen-bond donors (Lipinski definition) is 1. The van der Waals surface area contributed by atoms with Crippen molar-refractivity contribution in [3.63, 3.8) is 0 Å². The van der Waals surface area contributed by atoms with E-state index in [1.54, 1.807) is 7.11 Å². The van der Waals surface area contributed by atoms with Crippen molar-refractivity contribution in [2.75, 3.05) is 26.8 Å². The summed E-state index contributed by atoms with van der Waals surface area (Å²) >= 11 is 6.32. The van der Waals surface area contributed by atoms with E-state index >= 15 is 0 Å². The Balaban J connectivity index is 2.27. The minimum Gasteiger partial charge on any atom is -0.496 e. The molecule has 1 heterocycles. The Kier molecular flexibility index (Phi) is 4.49. The minimum absolute atomic E-state index is 0.199. The summed E-state index contributed by atoms with van der Waals surface area (Å²) in [6.07, 6.45) is 1.03. The first-order chi connectivity index (χ1) is 8.63. The summed E-state index contributed by atoms with van der Waals surface area (Å²) in [5, 5.41) is 4.17. The molecule has 1 fully saturated rings. The molecule has 100 valence electrons. The predicted molar refractivity (Wildman–Crippen MR) is 73.8 cm³/mol. The van der Waals surface area contributed by atoms with Crippen molar-refractivity contribution in [3.8, 4) is 5.75 Å². The van der Waals surface area contributed by atoms with Crippen LogP contribution in [0.4, 0.5) is 0 Å². The monoisotopic (exact) mass is 269 g/mol. The lowest BCUT2D eigenvalue weighted by molar-refractivity contribution is 0.0288. The van der Waals surface area contributed by atoms with Gasteiger partial charge in [0.15, 0.2) is 0 Å². The molecule has 1 aliphatic rings. The van der Waals surface area contributed by atoms with Gasteiger partial charge in [-0.15, -0.1) is 0 Å². The molecule has 0 aliphatic carbocycles. The number of methoxy groups -OCH3 is 1. The van der Waals surface area contributed by atoms with Crippen LogP contribution in [0.5, 0.6) is 5.75 Å². The maximum absolute atomic E-state index is 6.32. The van der Waals surface area contributed by atoms with Crippen LogP contribution < -0.4 is 10.1 Å². The predicted octanol–water partition coefficient (Wildman–Crippen LogP) is 2.50. The summed E-state index contributed by atoms with van der Waals surface area (Å²) in [5.74, 6) is 0.906. The van der Waals surface area contributed by atoms with Gasteiger partial charge in [0, 0.05) is 30.1 Å². The van der Waals surface area contributed by atoms with Crippen molar-refractivity contribution in [2.24, 2.45) is 0 Å². The summed E-state index contributed by atoms with van der Waals surface area (Å²) in [7, 11) is 1.70. The molecule has 0 saturated carbocycles. The highest BCUT2D eigenvalue weighted by molar-refractivity contribution is 6.32. The van der Waals surface area contributed by atoms with Crippen LogP contribution in [0, 0.1) is 13.8 Å². The second-order valence-electron chi connectivity index (χ2n) is 4.71. The average Bonchev–Trinajstić information content (AvgIpc) is 2.40. The second kappa shape index (κ2) is 5.91. The van der Waals surface area contributed by atoms with Gasteiger partial charge in [0.25, 0.3) is 0 Å². The standard InChI is InChI=1S/C14H20ClNO2/c1-9-6-13(17-3)12(10(2)14(9)15)7-11-8-16-4-5-18-11/h6,11,16H,4-5,7-8H2,1-3H3. The topological polar surface area (TPSA) is 30.5 Å². The maximum atomic E-state index is 6.32. The fraction of sp³-hybridized carbons (Fsp3) is 0.571. The number of ether oxygens (including phenoxy) is 2. The van der Waals surface area contributed by atoms with Gasteiger partial charge < -0.3 is 14.8 Å². The molecule has 3 nitrogen and oxygen atoms in total. The number of benzene rings is 1. The summed E-state index contributed by atoms with van der Waals surface area (Å²) < 4.78 is 11.2. The largest absolute Gasteiger partial charge is 0.496 e. The lowest BCUT2D eigenvalue weighted by atomic mass is 9.98. The average molecular weight is 270 g/mol. The van der Waals surface area contributed by atoms with Crippen LogP contribution in [-0.4, -0.2) is 32.9 Å². The molecule has 18 heavy (non-hydrogen) atoms. The first kappa shape index (κ1) is 13.7. The molecule has 1 aromatic rings. The fourth-order valence-electron chi connectivity index (χ4n) is 2.37. The lowest BCUT2D eigenvalue weighted by Crippen LogP contribution is -2.39. The fourth-order valence-corrected chi connectivity index (χ4v) is 2.54. The highest BCUT2D eigenvalue weighted by Gasteiger charge is 2.19. The van der Waals surface area contributed by atoms with Crippen molar-refractivity contribution < 1.29 is 9.47 Å². The molecule has 1 aliphatic heterocycles. The third-order valence-electron chi connectivity index (χ3n) is 3.43. The number of aryl methyl sites for hydroxylation is 1. The summed E-state index contributed by atoms with van der Waals surface area (Å²) in [5.41, 5.74) is 3.31. The van der Waals surface area contributed by atoms with Crippen LogP contribution in [0.1, 0.15) is 16.7 Å². The van der Waals surface area contributed by atoms with E-state index in [1.165, 1.54) is 0 Å². The van der Waals surface area contributed by atoms with E-state index in [1.807, 2.05) is 19.9 Å². The Labute approximate surface area is 113 Å². The highest BCUT2D eigenvalue weighted by atomic mass is 35.5. The highest BCUT2D eigenvalue weighted by Crippen LogP contribution is 2.32. The van der Waals surface area contributed by atoms with Crippen molar-refractivity contribution in [3.05, 3.63) is 27.8 Å². The van der Waals surface area contributed by atoms with E-state index in [4.69, 9.17) is 21.1 Å². The Morgan fingerprint density at radius 3 is 2.89 bits per heavy atom. The normalized spacial score (nSPS) is 19.9. The smallest absolute Gasteiger partial charge is 0.122 e. The van der Waals surface area contributed by atoms with E-state index < -0.39 is 0 Å². The van der Waals surface area contributed by atoms with Crippen LogP contribution in [0.25, 0.3) is 0 Å². The quantitative estimate of drug-likeness (QED) is 0.915. The molecule has 1 saturated heterocycles. The third kappa shape index (κ3) is 2.79. The van der Waals surface area contributed by atoms with Crippen molar-refractivity contribution >= 4 is 11.6 Å². The summed E-state index contributed by atoms with van der Waals surface area (Å²) in [6.45, 7) is 6.63. The van der Waals surface area contributed by atoms with Gasteiger partial charge in [-0.1, -0.05) is 11.6 Å². The van der Waals surface area contributed by atoms with E-state index in [2.05, 4.69) is 5.32 Å². The number of morpholine rings is 1. The molecule has 4 heteroatoms. The molecule has 0 spiro atoms. The van der Waals surface area contributed by atoms with Gasteiger partial charge >= 0.3 is 0 Å². The Morgan fingerprint density at radius 2 is 2.28 bits per heavy atom. The van der Waals surface area contributed by atoms with Crippen LogP contribution >= 0.6 is 11.6 Å². The zero-order valence-electron chi connectivity index (χ0n) is 11.2. The van der Waals surface area contributed by atoms with Gasteiger partial charge in [0.1, 0.15) is 5.75 Å². The van der Waals surface area contributed by atoms with E-state index in [9.17, 15) is 0 Å². The molecule has 1 atom stereocenters. The van der Waals surface area contributed by atoms with Crippen LogP contribution in [0.15, 0.2) is 6.07 Å². The van der Waals surface area contributed by atoms with Gasteiger partial charge in [-0.3, -0.25) is 0 Å². The first-order valence-corrected chi connectivity index (χ1v) is 6.66. The zero-order valence-corrected chi connectivity index (χ0v) is 11.9. The molecule has 0 radical (unpaired) electrons. The van der Waals surface area contributed by atoms with Crippen molar-refractivity contribution in [1.29, 1.82) is 0 Å². The molecule has 0 aromatic heterocycles. The number of rotatable bonds is 3. The molecule has 0 amide bonds. The molecule has 1 N–H and O–H groups in total. The van der Waals surface area contributed by atoms with E-state index in [0.29, 0.717) is 0 Å². The molecule has 0 bridgehead atoms. The van der Waals surface area contributed by atoms with Crippen LogP contribution in [0.2, 0.25) is 5.02 Å². The van der Waals surface area contributed by atoms with E-state index in [0.717, 1.165) is 53.6 Å². The van der Waals surface area contributed by atoms with Gasteiger partial charge in [-0.05, 0) is 31.0 Å². The van der Waals surface area contributed by atoms with Gasteiger partial charge in [0.2, 0.25) is 0 Å². The summed E-state index contributed by atoms with van der Waals surface area (Å²) in [6, 6.07) is 2.00. The first-order valence-electron chi connectivity index (χ1n) is 6.28. The minimum atomic E-state index is 0.199. The van der Waals surface area contributed by atoms with Crippen molar-refractivity contribution in [1.82, 2.24) is 5.32 Å². The van der Waals surface area contributed by atoms with Crippen molar-refractivity contribution in [2.45, 2.75) is 26.4 Å². The second-order valence-corrected chi connectivity index (χ2v) is 5.09. The Hall–Kier alpha value is -0.770. The van der Waals surface area contributed by atoms with E-state index in [-0.39, 0.29) is 6.10 Å². The number of nitrogens with one attached hydrogen (secondary N) is 1. The van der Waals surface area contributed by atoms with Gasteiger partial charge in [-0.2, -0.15) is 0 Å². The zero-order chi connectivity index (χ0) is 13.1.